The van der Waals surface area contributed by atoms with Crippen molar-refractivity contribution in [3.05, 3.63) is 227 Å². The first kappa shape index (κ1) is 73.6. The third-order valence-corrected chi connectivity index (χ3v) is 17.3. The molecule has 111 heavy (non-hydrogen) atoms. The largest absolute Gasteiger partial charge is 0.497 e. The summed E-state index contributed by atoms with van der Waals surface area (Å²) in [5, 5.41) is 13.1. The molecular formula is C76H69ClF4N28O2. The second-order valence-corrected chi connectivity index (χ2v) is 25.3. The Morgan fingerprint density at radius 1 is 0.360 bits per heavy atom. The zero-order chi connectivity index (χ0) is 77.6. The predicted octanol–water partition coefficient (Wildman–Crippen LogP) is 14.2. The molecule has 0 saturated heterocycles. The van der Waals surface area contributed by atoms with Crippen molar-refractivity contribution in [1.29, 1.82) is 0 Å². The van der Waals surface area contributed by atoms with Crippen LogP contribution in [-0.4, -0.2) is 112 Å². The van der Waals surface area contributed by atoms with Gasteiger partial charge in [0.1, 0.15) is 58.1 Å². The van der Waals surface area contributed by atoms with Gasteiger partial charge in [-0.3, -0.25) is 18.3 Å². The Hall–Kier alpha value is -14.3. The lowest BCUT2D eigenvalue weighted by atomic mass is 10.2. The Morgan fingerprint density at radius 3 is 1.01 bits per heavy atom. The highest BCUT2D eigenvalue weighted by atomic mass is 35.5. The minimum atomic E-state index is -0.352. The standard InChI is InChI=1S/C20H18FN7O.C19H18FN7O.C19H18FN7.C18H15ClFN7/c1-29-14-7-5-13(6-8-14)23-19-25-18(22)26-20(27-19)28-16-10-12(21)4-9-15(16)24-17(28)11-2-3-11;1-3-16-23-14-10-11(20)4-9-15(14)27(16)19-25-17(21)24-18(26-19)22-12-5-7-13(28-2)8-6-12;1-3-16-23-14-10-12(20)6-9-15(14)27(16)19-25-17(21)24-18(26-19)22-13-7-4-11(2)5-8-13;1-2-15-23-13-9-11(20)5-8-14(13)27(15)18-25-16(21)24-17(26-18)22-12-6-3-10(19)4-7-12/h4-11H,2-3H2,1H3,(H3,22,23,25,26,27);4-10H,3H2,1-2H3,(H3,21,22,24,25,26);4-10H,3H2,1-2H3,(H3,21,22,24,25,26);3-9H,2H2,1H3,(H3,21,22,24,25,26). The first-order valence-electron chi connectivity index (χ1n) is 34.7. The lowest BCUT2D eigenvalue weighted by molar-refractivity contribution is 0.415. The molecule has 1 saturated carbocycles. The molecule has 8 aromatic heterocycles. The number of hydrogen-bond donors (Lipinski definition) is 8. The van der Waals surface area contributed by atoms with E-state index in [0.717, 1.165) is 58.5 Å². The average molecular weight is 1520 g/mol. The SMILES string of the molecule is CCc1nc2cc(F)ccc2n1-c1nc(N)nc(Nc2ccc(C)cc2)n1.CCc1nc2cc(F)ccc2n1-c1nc(N)nc(Nc2ccc(Cl)cc2)n1.CCc1nc2cc(F)ccc2n1-c1nc(N)nc(Nc2ccc(OC)cc2)n1.COc1ccc(Nc2nc(N)nc(-n3c(C4CC4)nc4ccc(F)cc43)n2)cc1. The topological polar surface area (TPSA) is 397 Å². The van der Waals surface area contributed by atoms with Crippen molar-refractivity contribution in [2.75, 3.05) is 58.4 Å². The Balaban J connectivity index is 0.000000123. The summed E-state index contributed by atoms with van der Waals surface area (Å²) in [4.78, 5) is 69.7. The fourth-order valence-corrected chi connectivity index (χ4v) is 11.9. The molecule has 12 N–H and O–H groups in total. The van der Waals surface area contributed by atoms with Crippen LogP contribution < -0.4 is 53.7 Å². The van der Waals surface area contributed by atoms with Crippen molar-refractivity contribution < 1.29 is 27.0 Å². The average Bonchev–Trinajstić information content (AvgIpc) is 1.62. The van der Waals surface area contributed by atoms with Crippen molar-refractivity contribution in [1.82, 2.24) is 98.0 Å². The van der Waals surface area contributed by atoms with E-state index in [0.29, 0.717) is 127 Å². The molecular weight excluding hydrogens is 1450 g/mol. The number of hydrogen-bond acceptors (Lipinski definition) is 26. The van der Waals surface area contributed by atoms with Crippen LogP contribution in [0.5, 0.6) is 11.5 Å². The van der Waals surface area contributed by atoms with Crippen LogP contribution in [0.15, 0.2) is 170 Å². The number of benzene rings is 8. The third-order valence-electron chi connectivity index (χ3n) is 17.1. The summed E-state index contributed by atoms with van der Waals surface area (Å²) in [7, 11) is 3.21. The maximum atomic E-state index is 13.9. The van der Waals surface area contributed by atoms with Gasteiger partial charge in [-0.1, -0.05) is 50.1 Å². The van der Waals surface area contributed by atoms with Gasteiger partial charge in [0.15, 0.2) is 0 Å². The quantitative estimate of drug-likeness (QED) is 0.0370. The van der Waals surface area contributed by atoms with Crippen LogP contribution in [0.1, 0.15) is 68.4 Å². The summed E-state index contributed by atoms with van der Waals surface area (Å²) in [5.41, 5.74) is 32.9. The molecule has 0 bridgehead atoms. The number of nitrogens with one attached hydrogen (secondary N) is 4. The second kappa shape index (κ2) is 32.0. The van der Waals surface area contributed by atoms with E-state index in [4.69, 9.17) is 44.0 Å². The minimum absolute atomic E-state index is 0.0579. The Bertz CT molecular complexity index is 5880. The second-order valence-electron chi connectivity index (χ2n) is 24.9. The number of ether oxygens (including phenoxy) is 2. The lowest BCUT2D eigenvalue weighted by Crippen LogP contribution is -2.11. The van der Waals surface area contributed by atoms with Gasteiger partial charge in [0.05, 0.1) is 58.4 Å². The van der Waals surface area contributed by atoms with Gasteiger partial charge in [-0.05, 0) is 153 Å². The molecule has 35 heteroatoms. The van der Waals surface area contributed by atoms with E-state index in [9.17, 15) is 17.6 Å². The highest BCUT2D eigenvalue weighted by Crippen LogP contribution is 2.42. The number of fused-ring (bicyclic) bond motifs is 4. The summed E-state index contributed by atoms with van der Waals surface area (Å²) >= 11 is 5.91. The van der Waals surface area contributed by atoms with Crippen LogP contribution in [0, 0.1) is 30.2 Å². The van der Waals surface area contributed by atoms with Gasteiger partial charge in [-0.25, -0.2) is 37.5 Å². The van der Waals surface area contributed by atoms with Crippen LogP contribution in [-0.2, 0) is 19.3 Å². The van der Waals surface area contributed by atoms with Gasteiger partial charge in [-0.15, -0.1) is 0 Å². The zero-order valence-electron chi connectivity index (χ0n) is 60.2. The molecule has 1 aliphatic carbocycles. The van der Waals surface area contributed by atoms with Crippen molar-refractivity contribution in [3.8, 4) is 35.3 Å². The first-order valence-corrected chi connectivity index (χ1v) is 35.1. The molecule has 16 aromatic rings. The van der Waals surface area contributed by atoms with E-state index in [1.54, 1.807) is 81.0 Å². The molecule has 30 nitrogen and oxygen atoms in total. The Morgan fingerprint density at radius 2 is 0.676 bits per heavy atom. The number of imidazole rings is 4. The maximum absolute atomic E-state index is 13.9. The number of nitrogens with zero attached hydrogens (tertiary/aromatic N) is 20. The molecule has 0 spiro atoms. The highest BCUT2D eigenvalue weighted by molar-refractivity contribution is 6.30. The molecule has 1 aliphatic rings. The van der Waals surface area contributed by atoms with Crippen molar-refractivity contribution >= 4 is 126 Å². The number of nitrogens with two attached hydrogens (primary N) is 4. The molecule has 8 heterocycles. The van der Waals surface area contributed by atoms with Gasteiger partial charge < -0.3 is 53.7 Å². The summed E-state index contributed by atoms with van der Waals surface area (Å²) in [6, 6.07) is 47.3. The fourth-order valence-electron chi connectivity index (χ4n) is 11.8. The fraction of sp³-hybridized carbons (Fsp3) is 0.158. The van der Waals surface area contributed by atoms with E-state index < -0.39 is 0 Å². The van der Waals surface area contributed by atoms with Crippen LogP contribution in [0.4, 0.5) is 87.9 Å². The van der Waals surface area contributed by atoms with Crippen molar-refractivity contribution in [2.24, 2.45) is 0 Å². The van der Waals surface area contributed by atoms with Crippen molar-refractivity contribution in [3.63, 3.8) is 0 Å². The molecule has 17 rings (SSSR count). The van der Waals surface area contributed by atoms with E-state index in [2.05, 4.69) is 101 Å². The summed E-state index contributed by atoms with van der Waals surface area (Å²) in [6.45, 7) is 7.88. The zero-order valence-corrected chi connectivity index (χ0v) is 61.0. The number of anilines is 12. The maximum Gasteiger partial charge on any atom is 0.242 e. The molecule has 0 aliphatic heterocycles. The number of nitrogen functional groups attached to an aromatic ring is 4. The summed E-state index contributed by atoms with van der Waals surface area (Å²) < 4.78 is 72.0. The first-order chi connectivity index (χ1) is 53.7. The smallest absolute Gasteiger partial charge is 0.242 e. The van der Waals surface area contributed by atoms with Crippen LogP contribution in [0.25, 0.3) is 67.9 Å². The molecule has 0 radical (unpaired) electrons. The molecule has 8 aromatic carbocycles. The molecule has 0 atom stereocenters. The third kappa shape index (κ3) is 16.9. The van der Waals surface area contributed by atoms with E-state index in [-0.39, 0.29) is 59.0 Å². The van der Waals surface area contributed by atoms with Gasteiger partial charge in [-0.2, -0.15) is 59.8 Å². The molecule has 1 fully saturated rings. The van der Waals surface area contributed by atoms with Gasteiger partial charge in [0, 0.05) is 77.2 Å². The van der Waals surface area contributed by atoms with Gasteiger partial charge >= 0.3 is 0 Å². The lowest BCUT2D eigenvalue weighted by Gasteiger charge is -2.10. The van der Waals surface area contributed by atoms with Gasteiger partial charge in [0.25, 0.3) is 0 Å². The normalized spacial score (nSPS) is 11.7. The number of aryl methyl sites for hydroxylation is 4. The number of rotatable bonds is 18. The van der Waals surface area contributed by atoms with Gasteiger partial charge in [0.2, 0.25) is 71.4 Å². The van der Waals surface area contributed by atoms with Crippen LogP contribution in [0.3, 0.4) is 0 Å². The van der Waals surface area contributed by atoms with E-state index in [1.807, 2.05) is 100 Å². The monoisotopic (exact) mass is 1520 g/mol. The van der Waals surface area contributed by atoms with Crippen LogP contribution >= 0.6 is 11.6 Å². The van der Waals surface area contributed by atoms with Crippen LogP contribution in [0.2, 0.25) is 5.02 Å². The van der Waals surface area contributed by atoms with E-state index in [1.165, 1.54) is 48.5 Å². The van der Waals surface area contributed by atoms with Crippen molar-refractivity contribution in [2.45, 2.75) is 65.7 Å². The number of aromatic nitrogens is 20. The summed E-state index contributed by atoms with van der Waals surface area (Å²) in [5.74, 6) is 6.04. The number of halogens is 5. The summed E-state index contributed by atoms with van der Waals surface area (Å²) in [6.07, 6.45) is 3.92. The molecule has 0 unspecified atom stereocenters. The highest BCUT2D eigenvalue weighted by Gasteiger charge is 2.32. The predicted molar refractivity (Wildman–Crippen MR) is 417 cm³/mol. The Labute approximate surface area is 634 Å². The van der Waals surface area contributed by atoms with E-state index >= 15 is 0 Å². The molecule has 560 valence electrons. The Kier molecular flexibility index (Phi) is 21.2. The molecule has 0 amide bonds. The number of methoxy groups -OCH3 is 2. The minimum Gasteiger partial charge on any atom is -0.497 e.